The highest BCUT2D eigenvalue weighted by atomic mass is 16.5. The summed E-state index contributed by atoms with van der Waals surface area (Å²) in [6, 6.07) is 17.9. The molecule has 2 aromatic carbocycles. The Labute approximate surface area is 142 Å². The zero-order valence-corrected chi connectivity index (χ0v) is 13.9. The number of rotatable bonds is 6. The minimum atomic E-state index is -0.120. The molecule has 1 aliphatic rings. The Hall–Kier alpha value is -2.33. The van der Waals surface area contributed by atoms with Crippen LogP contribution in [-0.2, 0) is 9.53 Å². The second-order valence-corrected chi connectivity index (χ2v) is 6.09. The second kappa shape index (κ2) is 7.97. The molecule has 2 aromatic rings. The molecule has 0 saturated carbocycles. The summed E-state index contributed by atoms with van der Waals surface area (Å²) < 4.78 is 11.1. The highest BCUT2D eigenvalue weighted by Crippen LogP contribution is 2.22. The van der Waals surface area contributed by atoms with Gasteiger partial charge in [-0.05, 0) is 43.0 Å². The van der Waals surface area contributed by atoms with Gasteiger partial charge < -0.3 is 14.8 Å². The number of hydrogen-bond donors (Lipinski definition) is 1. The molecule has 0 aliphatic carbocycles. The Morgan fingerprint density at radius 3 is 2.54 bits per heavy atom. The van der Waals surface area contributed by atoms with Gasteiger partial charge in [-0.15, -0.1) is 0 Å². The lowest BCUT2D eigenvalue weighted by Crippen LogP contribution is -2.42. The predicted octanol–water partition coefficient (Wildman–Crippen LogP) is 3.42. The van der Waals surface area contributed by atoms with E-state index in [0.717, 1.165) is 30.6 Å². The molecule has 4 heteroatoms. The highest BCUT2D eigenvalue weighted by Gasteiger charge is 2.23. The molecule has 4 nitrogen and oxygen atoms in total. The van der Waals surface area contributed by atoms with E-state index >= 15 is 0 Å². The maximum absolute atomic E-state index is 12.0. The first kappa shape index (κ1) is 16.5. The number of benzene rings is 2. The summed E-state index contributed by atoms with van der Waals surface area (Å²) in [6.45, 7) is 2.78. The molecular formula is C20H23NO3. The standard InChI is InChI=1S/C20H23NO3/c1-15(19-8-5-13-23-19)21-20(22)14-24-18-11-9-17(10-12-18)16-6-3-2-4-7-16/h2-4,6-7,9-12,15,19H,5,8,13-14H2,1H3,(H,21,22)/t15-,19-/m1/s1. The third-order valence-corrected chi connectivity index (χ3v) is 4.24. The van der Waals surface area contributed by atoms with E-state index in [1.165, 1.54) is 0 Å². The monoisotopic (exact) mass is 325 g/mol. The van der Waals surface area contributed by atoms with Gasteiger partial charge in [-0.25, -0.2) is 0 Å². The van der Waals surface area contributed by atoms with Crippen LogP contribution in [0.15, 0.2) is 54.6 Å². The fourth-order valence-corrected chi connectivity index (χ4v) is 2.91. The Kier molecular flexibility index (Phi) is 5.49. The Morgan fingerprint density at radius 1 is 1.17 bits per heavy atom. The zero-order valence-electron chi connectivity index (χ0n) is 13.9. The van der Waals surface area contributed by atoms with Crippen LogP contribution in [0.5, 0.6) is 5.75 Å². The summed E-state index contributed by atoms with van der Waals surface area (Å²) in [5, 5.41) is 2.94. The van der Waals surface area contributed by atoms with Gasteiger partial charge >= 0.3 is 0 Å². The molecule has 1 aliphatic heterocycles. The van der Waals surface area contributed by atoms with Crippen molar-refractivity contribution in [2.75, 3.05) is 13.2 Å². The molecule has 3 rings (SSSR count). The number of nitrogens with one attached hydrogen (secondary N) is 1. The molecule has 1 heterocycles. The molecule has 1 fully saturated rings. The first-order chi connectivity index (χ1) is 11.7. The SMILES string of the molecule is C[C@@H](NC(=O)COc1ccc(-c2ccccc2)cc1)[C@H]1CCCO1. The minimum Gasteiger partial charge on any atom is -0.484 e. The molecule has 2 atom stereocenters. The van der Waals surface area contributed by atoms with E-state index in [9.17, 15) is 4.79 Å². The van der Waals surface area contributed by atoms with Crippen LogP contribution in [0.25, 0.3) is 11.1 Å². The first-order valence-electron chi connectivity index (χ1n) is 8.41. The van der Waals surface area contributed by atoms with Crippen molar-refractivity contribution in [3.05, 3.63) is 54.6 Å². The Bertz CT molecular complexity index is 648. The lowest BCUT2D eigenvalue weighted by Gasteiger charge is -2.20. The Balaban J connectivity index is 1.48. The third kappa shape index (κ3) is 4.36. The van der Waals surface area contributed by atoms with Crippen LogP contribution in [0.1, 0.15) is 19.8 Å². The summed E-state index contributed by atoms with van der Waals surface area (Å²) in [7, 11) is 0. The van der Waals surface area contributed by atoms with E-state index < -0.39 is 0 Å². The van der Waals surface area contributed by atoms with Gasteiger partial charge in [-0.1, -0.05) is 42.5 Å². The maximum Gasteiger partial charge on any atom is 0.258 e. The smallest absolute Gasteiger partial charge is 0.258 e. The molecular weight excluding hydrogens is 302 g/mol. The lowest BCUT2D eigenvalue weighted by atomic mass is 10.1. The van der Waals surface area contributed by atoms with Crippen molar-refractivity contribution in [3.8, 4) is 16.9 Å². The predicted molar refractivity (Wildman–Crippen MR) is 94.0 cm³/mol. The summed E-state index contributed by atoms with van der Waals surface area (Å²) in [6.07, 6.45) is 2.19. The van der Waals surface area contributed by atoms with E-state index in [4.69, 9.17) is 9.47 Å². The van der Waals surface area contributed by atoms with Crippen molar-refractivity contribution in [2.45, 2.75) is 31.9 Å². The maximum atomic E-state index is 12.0. The molecule has 0 radical (unpaired) electrons. The summed E-state index contributed by atoms with van der Waals surface area (Å²) in [4.78, 5) is 12.0. The average Bonchev–Trinajstić information content (AvgIpc) is 3.16. The minimum absolute atomic E-state index is 0.0156. The molecule has 1 saturated heterocycles. The summed E-state index contributed by atoms with van der Waals surface area (Å²) in [5.74, 6) is 0.569. The third-order valence-electron chi connectivity index (χ3n) is 4.24. The van der Waals surface area contributed by atoms with Gasteiger partial charge in [0.25, 0.3) is 5.91 Å². The van der Waals surface area contributed by atoms with Crippen LogP contribution in [-0.4, -0.2) is 31.3 Å². The van der Waals surface area contributed by atoms with Gasteiger partial charge in [0, 0.05) is 6.61 Å². The van der Waals surface area contributed by atoms with Crippen LogP contribution < -0.4 is 10.1 Å². The van der Waals surface area contributed by atoms with Crippen molar-refractivity contribution in [1.82, 2.24) is 5.32 Å². The lowest BCUT2D eigenvalue weighted by molar-refractivity contribution is -0.124. The van der Waals surface area contributed by atoms with Crippen molar-refractivity contribution >= 4 is 5.91 Å². The molecule has 0 bridgehead atoms. The van der Waals surface area contributed by atoms with Gasteiger partial charge in [-0.3, -0.25) is 4.79 Å². The number of ether oxygens (including phenoxy) is 2. The van der Waals surface area contributed by atoms with Gasteiger partial charge in [0.1, 0.15) is 5.75 Å². The van der Waals surface area contributed by atoms with Crippen molar-refractivity contribution < 1.29 is 14.3 Å². The van der Waals surface area contributed by atoms with E-state index in [-0.39, 0.29) is 24.7 Å². The molecule has 24 heavy (non-hydrogen) atoms. The summed E-state index contributed by atoms with van der Waals surface area (Å²) in [5.41, 5.74) is 2.28. The van der Waals surface area contributed by atoms with Crippen LogP contribution in [0.3, 0.4) is 0 Å². The van der Waals surface area contributed by atoms with Gasteiger partial charge in [0.2, 0.25) is 0 Å². The van der Waals surface area contributed by atoms with Crippen LogP contribution in [0, 0.1) is 0 Å². The molecule has 1 N–H and O–H groups in total. The average molecular weight is 325 g/mol. The molecule has 0 spiro atoms. The van der Waals surface area contributed by atoms with E-state index in [1.54, 1.807) is 0 Å². The van der Waals surface area contributed by atoms with Gasteiger partial charge in [-0.2, -0.15) is 0 Å². The second-order valence-electron chi connectivity index (χ2n) is 6.09. The molecule has 0 unspecified atom stereocenters. The van der Waals surface area contributed by atoms with E-state index in [2.05, 4.69) is 17.4 Å². The zero-order chi connectivity index (χ0) is 16.8. The Morgan fingerprint density at radius 2 is 1.88 bits per heavy atom. The number of carbonyl (C=O) groups is 1. The van der Waals surface area contributed by atoms with Crippen LogP contribution in [0.4, 0.5) is 0 Å². The quantitative estimate of drug-likeness (QED) is 0.885. The van der Waals surface area contributed by atoms with Crippen molar-refractivity contribution in [2.24, 2.45) is 0 Å². The molecule has 126 valence electrons. The number of carbonyl (C=O) groups excluding carboxylic acids is 1. The van der Waals surface area contributed by atoms with Crippen molar-refractivity contribution in [1.29, 1.82) is 0 Å². The topological polar surface area (TPSA) is 47.6 Å². The van der Waals surface area contributed by atoms with Gasteiger partial charge in [0.15, 0.2) is 6.61 Å². The first-order valence-corrected chi connectivity index (χ1v) is 8.41. The number of amides is 1. The van der Waals surface area contributed by atoms with Crippen LogP contribution in [0.2, 0.25) is 0 Å². The fraction of sp³-hybridized carbons (Fsp3) is 0.350. The molecule has 0 aromatic heterocycles. The largest absolute Gasteiger partial charge is 0.484 e. The van der Waals surface area contributed by atoms with Gasteiger partial charge in [0.05, 0.1) is 12.1 Å². The normalized spacial score (nSPS) is 18.1. The summed E-state index contributed by atoms with van der Waals surface area (Å²) >= 11 is 0. The van der Waals surface area contributed by atoms with Crippen molar-refractivity contribution in [3.63, 3.8) is 0 Å². The van der Waals surface area contributed by atoms with Crippen LogP contribution >= 0.6 is 0 Å². The van der Waals surface area contributed by atoms with E-state index in [1.807, 2.05) is 49.4 Å². The number of hydrogen-bond acceptors (Lipinski definition) is 3. The molecule has 1 amide bonds. The van der Waals surface area contributed by atoms with E-state index in [0.29, 0.717) is 5.75 Å². The fourth-order valence-electron chi connectivity index (χ4n) is 2.91. The highest BCUT2D eigenvalue weighted by molar-refractivity contribution is 5.78.